The molecule has 0 bridgehead atoms. The van der Waals surface area contributed by atoms with Crippen LogP contribution < -0.4 is 24.0 Å². The van der Waals surface area contributed by atoms with E-state index in [0.717, 1.165) is 36.9 Å². The number of ether oxygens (including phenoxy) is 3. The van der Waals surface area contributed by atoms with Gasteiger partial charge in [-0.2, -0.15) is 0 Å². The summed E-state index contributed by atoms with van der Waals surface area (Å²) in [6.45, 7) is 12.3. The van der Waals surface area contributed by atoms with E-state index in [1.807, 2.05) is 19.9 Å². The molecule has 1 aliphatic rings. The van der Waals surface area contributed by atoms with Crippen LogP contribution in [0.5, 0.6) is 17.2 Å². The first-order valence-electron chi connectivity index (χ1n) is 10.4. The van der Waals surface area contributed by atoms with Crippen LogP contribution in [0.15, 0.2) is 42.5 Å². The maximum Gasteiger partial charge on any atom is 0.161 e. The summed E-state index contributed by atoms with van der Waals surface area (Å²) in [5, 5.41) is 0. The van der Waals surface area contributed by atoms with E-state index in [2.05, 4.69) is 36.4 Å². The van der Waals surface area contributed by atoms with E-state index in [4.69, 9.17) is 14.2 Å². The molecule has 0 unspecified atom stereocenters. The van der Waals surface area contributed by atoms with Gasteiger partial charge in [0.25, 0.3) is 0 Å². The molecule has 152 valence electrons. The number of hydrogen-bond acceptors (Lipinski definition) is 3. The molecule has 2 aromatic carbocycles. The molecule has 0 radical (unpaired) electrons. The quantitative estimate of drug-likeness (QED) is 0.675. The summed E-state index contributed by atoms with van der Waals surface area (Å²) in [6.07, 6.45) is 0. The minimum absolute atomic E-state index is 0.653. The number of rotatable bonds is 9. The van der Waals surface area contributed by atoms with Crippen molar-refractivity contribution in [3.05, 3.63) is 53.6 Å². The molecule has 1 saturated heterocycles. The van der Waals surface area contributed by atoms with Gasteiger partial charge in [-0.15, -0.1) is 0 Å². The lowest BCUT2D eigenvalue weighted by atomic mass is 10.1. The van der Waals surface area contributed by atoms with Crippen LogP contribution >= 0.6 is 0 Å². The first-order valence-corrected chi connectivity index (χ1v) is 10.4. The highest BCUT2D eigenvalue weighted by Gasteiger charge is 2.23. The van der Waals surface area contributed by atoms with Crippen molar-refractivity contribution in [1.29, 1.82) is 0 Å². The predicted octanol–water partition coefficient (Wildman–Crippen LogP) is 0.976. The Bertz CT molecular complexity index is 725. The number of piperazine rings is 1. The molecule has 0 aromatic heterocycles. The summed E-state index contributed by atoms with van der Waals surface area (Å²) in [6, 6.07) is 14.9. The third-order valence-corrected chi connectivity index (χ3v) is 5.33. The third-order valence-electron chi connectivity index (χ3n) is 5.33. The van der Waals surface area contributed by atoms with Crippen molar-refractivity contribution < 1.29 is 24.0 Å². The second-order valence-corrected chi connectivity index (χ2v) is 7.35. The van der Waals surface area contributed by atoms with Gasteiger partial charge in [0.05, 0.1) is 20.3 Å². The number of hydrogen-bond donors (Lipinski definition) is 2. The Morgan fingerprint density at radius 2 is 1.29 bits per heavy atom. The zero-order valence-corrected chi connectivity index (χ0v) is 17.4. The monoisotopic (exact) mass is 386 g/mol. The fraction of sp³-hybridized carbons (Fsp3) is 0.478. The van der Waals surface area contributed by atoms with Crippen molar-refractivity contribution in [1.82, 2.24) is 0 Å². The summed E-state index contributed by atoms with van der Waals surface area (Å²) >= 11 is 0. The lowest BCUT2D eigenvalue weighted by Gasteiger charge is -2.30. The van der Waals surface area contributed by atoms with Crippen molar-refractivity contribution in [3.8, 4) is 17.2 Å². The predicted molar refractivity (Wildman–Crippen MR) is 111 cm³/mol. The van der Waals surface area contributed by atoms with Gasteiger partial charge >= 0.3 is 0 Å². The van der Waals surface area contributed by atoms with Crippen molar-refractivity contribution in [2.75, 3.05) is 46.5 Å². The number of nitrogens with one attached hydrogen (secondary N) is 2. The minimum atomic E-state index is 0.653. The summed E-state index contributed by atoms with van der Waals surface area (Å²) < 4.78 is 16.6. The number of methoxy groups -OCH3 is 1. The van der Waals surface area contributed by atoms with Crippen LogP contribution in [-0.4, -0.2) is 46.5 Å². The summed E-state index contributed by atoms with van der Waals surface area (Å²) in [4.78, 5) is 3.31. The minimum Gasteiger partial charge on any atom is -0.494 e. The maximum atomic E-state index is 5.72. The van der Waals surface area contributed by atoms with Gasteiger partial charge in [-0.1, -0.05) is 0 Å². The second kappa shape index (κ2) is 10.3. The molecule has 1 heterocycles. The molecular weight excluding hydrogens is 352 g/mol. The molecule has 2 aromatic rings. The molecular formula is C23H34N2O3+2. The summed E-state index contributed by atoms with van der Waals surface area (Å²) in [7, 11) is 1.69. The van der Waals surface area contributed by atoms with Crippen LogP contribution in [-0.2, 0) is 13.1 Å². The molecule has 0 spiro atoms. The molecule has 1 aliphatic heterocycles. The molecule has 0 atom stereocenters. The normalized spacial score (nSPS) is 19.2. The van der Waals surface area contributed by atoms with Crippen LogP contribution in [0.3, 0.4) is 0 Å². The Hall–Kier alpha value is -2.24. The van der Waals surface area contributed by atoms with E-state index in [0.29, 0.717) is 6.61 Å². The fourth-order valence-electron chi connectivity index (χ4n) is 3.86. The highest BCUT2D eigenvalue weighted by molar-refractivity contribution is 5.42. The molecule has 0 saturated carbocycles. The van der Waals surface area contributed by atoms with Gasteiger partial charge in [0.1, 0.15) is 45.0 Å². The second-order valence-electron chi connectivity index (χ2n) is 7.35. The third kappa shape index (κ3) is 5.63. The van der Waals surface area contributed by atoms with Crippen LogP contribution in [0.25, 0.3) is 0 Å². The van der Waals surface area contributed by atoms with E-state index in [1.54, 1.807) is 16.9 Å². The van der Waals surface area contributed by atoms with Gasteiger partial charge in [-0.25, -0.2) is 0 Å². The van der Waals surface area contributed by atoms with Gasteiger partial charge in [-0.05, 0) is 56.3 Å². The molecule has 0 aliphatic carbocycles. The van der Waals surface area contributed by atoms with E-state index in [9.17, 15) is 0 Å². The molecule has 5 nitrogen and oxygen atoms in total. The van der Waals surface area contributed by atoms with Gasteiger partial charge in [0.15, 0.2) is 11.5 Å². The Labute approximate surface area is 168 Å². The van der Waals surface area contributed by atoms with E-state index in [-0.39, 0.29) is 0 Å². The molecule has 2 N–H and O–H groups in total. The Morgan fingerprint density at radius 1 is 0.714 bits per heavy atom. The largest absolute Gasteiger partial charge is 0.494 e. The Balaban J connectivity index is 1.49. The first-order chi connectivity index (χ1) is 13.7. The standard InChI is InChI=1S/C23H32N2O3/c1-4-27-21-9-6-19(7-10-21)17-24-12-14-25(15-13-24)18-20-8-11-22(26-3)23(16-20)28-5-2/h6-11,16H,4-5,12-15,17-18H2,1-3H3/p+2. The van der Waals surface area contributed by atoms with Crippen molar-refractivity contribution in [3.63, 3.8) is 0 Å². The fourth-order valence-corrected chi connectivity index (χ4v) is 3.86. The van der Waals surface area contributed by atoms with Crippen molar-refractivity contribution in [2.24, 2.45) is 0 Å². The molecule has 5 heteroatoms. The van der Waals surface area contributed by atoms with Crippen LogP contribution in [0.1, 0.15) is 25.0 Å². The lowest BCUT2D eigenvalue weighted by Crippen LogP contribution is -3.27. The van der Waals surface area contributed by atoms with Crippen LogP contribution in [0.4, 0.5) is 0 Å². The average Bonchev–Trinajstić information content (AvgIpc) is 2.72. The Morgan fingerprint density at radius 3 is 1.86 bits per heavy atom. The number of quaternary nitrogens is 2. The molecule has 0 amide bonds. The van der Waals surface area contributed by atoms with Gasteiger partial charge in [0, 0.05) is 11.1 Å². The van der Waals surface area contributed by atoms with E-state index in [1.165, 1.54) is 37.3 Å². The van der Waals surface area contributed by atoms with E-state index < -0.39 is 0 Å². The van der Waals surface area contributed by atoms with E-state index >= 15 is 0 Å². The first kappa shape index (κ1) is 20.5. The molecule has 3 rings (SSSR count). The van der Waals surface area contributed by atoms with Crippen LogP contribution in [0, 0.1) is 0 Å². The van der Waals surface area contributed by atoms with Crippen LogP contribution in [0.2, 0.25) is 0 Å². The number of benzene rings is 2. The zero-order valence-electron chi connectivity index (χ0n) is 17.4. The molecule has 1 fully saturated rings. The highest BCUT2D eigenvalue weighted by atomic mass is 16.5. The Kier molecular flexibility index (Phi) is 7.57. The van der Waals surface area contributed by atoms with Gasteiger partial charge in [0.2, 0.25) is 0 Å². The zero-order chi connectivity index (χ0) is 19.8. The van der Waals surface area contributed by atoms with Crippen molar-refractivity contribution >= 4 is 0 Å². The topological polar surface area (TPSA) is 36.6 Å². The lowest BCUT2D eigenvalue weighted by molar-refractivity contribution is -1.02. The summed E-state index contributed by atoms with van der Waals surface area (Å²) in [5.41, 5.74) is 2.70. The average molecular weight is 387 g/mol. The molecule has 28 heavy (non-hydrogen) atoms. The highest BCUT2D eigenvalue weighted by Crippen LogP contribution is 2.27. The van der Waals surface area contributed by atoms with Gasteiger partial charge < -0.3 is 24.0 Å². The maximum absolute atomic E-state index is 5.72. The summed E-state index contributed by atoms with van der Waals surface area (Å²) in [5.74, 6) is 2.62. The van der Waals surface area contributed by atoms with Gasteiger partial charge in [-0.3, -0.25) is 0 Å². The smallest absolute Gasteiger partial charge is 0.161 e. The SMILES string of the molecule is CCOc1ccc(C[NH+]2CC[NH+](Cc3ccc(OC)c(OCC)c3)CC2)cc1. The van der Waals surface area contributed by atoms with Crippen molar-refractivity contribution in [2.45, 2.75) is 26.9 Å².